The van der Waals surface area contributed by atoms with Gasteiger partial charge in [-0.1, -0.05) is 65.2 Å². The Hall–Kier alpha value is -0.950. The lowest BCUT2D eigenvalue weighted by atomic mass is 10.1. The average molecular weight is 465 g/mol. The molecule has 0 spiro atoms. The van der Waals surface area contributed by atoms with Gasteiger partial charge in [0.15, 0.2) is 6.10 Å². The van der Waals surface area contributed by atoms with Gasteiger partial charge in [0.2, 0.25) is 5.91 Å². The van der Waals surface area contributed by atoms with E-state index in [2.05, 4.69) is 12.2 Å². The molecule has 8 nitrogen and oxygen atoms in total. The van der Waals surface area contributed by atoms with E-state index in [9.17, 15) is 24.2 Å². The van der Waals surface area contributed by atoms with Gasteiger partial charge in [-0.05, 0) is 38.1 Å². The van der Waals surface area contributed by atoms with Crippen LogP contribution < -0.4 is 11.1 Å². The van der Waals surface area contributed by atoms with Crippen LogP contribution in [-0.2, 0) is 18.7 Å². The molecule has 0 heterocycles. The van der Waals surface area contributed by atoms with Gasteiger partial charge in [-0.2, -0.15) is 0 Å². The number of unbranched alkanes of at least 4 members (excludes halogenated alkanes) is 9. The van der Waals surface area contributed by atoms with Crippen LogP contribution in [0.3, 0.4) is 0 Å². The molecule has 0 rings (SSSR count). The van der Waals surface area contributed by atoms with E-state index in [1.165, 1.54) is 38.5 Å². The number of carboxylic acid groups (broad SMARTS) is 1. The van der Waals surface area contributed by atoms with Crippen molar-refractivity contribution in [1.82, 2.24) is 5.32 Å². The van der Waals surface area contributed by atoms with Gasteiger partial charge in [0.25, 0.3) is 0 Å². The van der Waals surface area contributed by atoms with Gasteiger partial charge in [0.05, 0.1) is 6.16 Å². The minimum absolute atomic E-state index is 0.0614. The molecule has 0 aromatic rings. The van der Waals surface area contributed by atoms with E-state index in [1.807, 2.05) is 0 Å². The second-order valence-corrected chi connectivity index (χ2v) is 10.4. The summed E-state index contributed by atoms with van der Waals surface area (Å²) in [4.78, 5) is 33.3. The summed E-state index contributed by atoms with van der Waals surface area (Å²) in [5, 5.41) is 12.0. The molecule has 0 aliphatic carbocycles. The van der Waals surface area contributed by atoms with Crippen LogP contribution in [0, 0.1) is 5.92 Å². The second kappa shape index (κ2) is 18.6. The zero-order valence-electron chi connectivity index (χ0n) is 19.5. The maximum Gasteiger partial charge on any atom is 0.333 e. The molecule has 0 bridgehead atoms. The maximum atomic E-state index is 12.3. The molecule has 5 N–H and O–H groups in total. The standard InChI is InChI=1S/C22H45N2O6P/c1-3-4-5-6-7-8-9-10-11-15-21(25)24-17-19(2)18-31(28,29)30-20(22(26)27)14-12-13-16-23/h19-20H,3-18,23H2,1-2H3,(H,24,25)(H,26,27)(H,28,29)/t19?,20-/m0/s1. The number of amides is 1. The molecule has 0 radical (unpaired) electrons. The van der Waals surface area contributed by atoms with E-state index in [0.29, 0.717) is 25.8 Å². The number of carbonyl (C=O) groups excluding carboxylic acids is 1. The molecule has 0 aliphatic rings. The zero-order valence-corrected chi connectivity index (χ0v) is 20.4. The molecule has 2 unspecified atom stereocenters. The molecule has 3 atom stereocenters. The first-order chi connectivity index (χ1) is 14.7. The average Bonchev–Trinajstić information content (AvgIpc) is 2.70. The highest BCUT2D eigenvalue weighted by Crippen LogP contribution is 2.45. The lowest BCUT2D eigenvalue weighted by molar-refractivity contribution is -0.145. The summed E-state index contributed by atoms with van der Waals surface area (Å²) in [7, 11) is -4.07. The molecular weight excluding hydrogens is 419 g/mol. The molecule has 0 saturated carbocycles. The lowest BCUT2D eigenvalue weighted by Gasteiger charge is -2.21. The summed E-state index contributed by atoms with van der Waals surface area (Å²) < 4.78 is 17.3. The normalized spacial score (nSPS) is 15.2. The fraction of sp³-hybridized carbons (Fsp3) is 0.909. The SMILES string of the molecule is CCCCCCCCCCCC(=O)NCC(C)CP(=O)(O)O[C@@H](CCCCN)C(=O)O. The maximum absolute atomic E-state index is 12.3. The van der Waals surface area contributed by atoms with Crippen molar-refractivity contribution in [3.8, 4) is 0 Å². The Labute approximate surface area is 188 Å². The number of hydrogen-bond donors (Lipinski definition) is 4. The molecule has 0 fully saturated rings. The van der Waals surface area contributed by atoms with E-state index < -0.39 is 19.7 Å². The molecule has 31 heavy (non-hydrogen) atoms. The number of carbonyl (C=O) groups is 2. The lowest BCUT2D eigenvalue weighted by Crippen LogP contribution is -2.30. The van der Waals surface area contributed by atoms with Crippen LogP contribution in [0.25, 0.3) is 0 Å². The number of carboxylic acids is 1. The van der Waals surface area contributed by atoms with Gasteiger partial charge in [-0.3, -0.25) is 13.9 Å². The van der Waals surface area contributed by atoms with E-state index in [1.54, 1.807) is 6.92 Å². The summed E-state index contributed by atoms with van der Waals surface area (Å²) in [6.07, 6.45) is 10.9. The smallest absolute Gasteiger partial charge is 0.333 e. The van der Waals surface area contributed by atoms with Crippen LogP contribution in [-0.4, -0.2) is 47.2 Å². The van der Waals surface area contributed by atoms with Crippen molar-refractivity contribution in [1.29, 1.82) is 0 Å². The Morgan fingerprint density at radius 2 is 1.58 bits per heavy atom. The van der Waals surface area contributed by atoms with Crippen molar-refractivity contribution in [2.24, 2.45) is 11.7 Å². The molecule has 184 valence electrons. The number of rotatable bonds is 21. The Bertz CT molecular complexity index is 532. The second-order valence-electron chi connectivity index (χ2n) is 8.52. The summed E-state index contributed by atoms with van der Waals surface area (Å²) in [6.45, 7) is 4.63. The summed E-state index contributed by atoms with van der Waals surface area (Å²) >= 11 is 0. The van der Waals surface area contributed by atoms with Gasteiger partial charge < -0.3 is 21.1 Å². The van der Waals surface area contributed by atoms with Crippen molar-refractivity contribution in [2.75, 3.05) is 19.3 Å². The number of nitrogens with two attached hydrogens (primary N) is 1. The number of hydrogen-bond acceptors (Lipinski definition) is 5. The Balaban J connectivity index is 4.00. The predicted molar refractivity (Wildman–Crippen MR) is 124 cm³/mol. The highest BCUT2D eigenvalue weighted by molar-refractivity contribution is 7.52. The molecule has 0 aromatic heterocycles. The fourth-order valence-electron chi connectivity index (χ4n) is 3.37. The predicted octanol–water partition coefficient (Wildman–Crippen LogP) is 4.44. The third kappa shape index (κ3) is 18.3. The third-order valence-electron chi connectivity index (χ3n) is 5.19. The molecule has 0 aromatic carbocycles. The van der Waals surface area contributed by atoms with Crippen molar-refractivity contribution >= 4 is 19.5 Å². The molecule has 1 amide bonds. The van der Waals surface area contributed by atoms with Crippen LogP contribution in [0.5, 0.6) is 0 Å². The molecular formula is C22H45N2O6P. The minimum Gasteiger partial charge on any atom is -0.479 e. The first-order valence-electron chi connectivity index (χ1n) is 11.9. The third-order valence-corrected chi connectivity index (χ3v) is 6.85. The van der Waals surface area contributed by atoms with Gasteiger partial charge in [-0.25, -0.2) is 4.79 Å². The van der Waals surface area contributed by atoms with Crippen molar-refractivity contribution in [2.45, 2.75) is 103 Å². The minimum atomic E-state index is -4.07. The van der Waals surface area contributed by atoms with E-state index in [0.717, 1.165) is 19.3 Å². The highest BCUT2D eigenvalue weighted by Gasteiger charge is 2.30. The molecule has 9 heteroatoms. The van der Waals surface area contributed by atoms with Crippen LogP contribution in [0.1, 0.15) is 97.3 Å². The van der Waals surface area contributed by atoms with Crippen molar-refractivity contribution < 1.29 is 28.7 Å². The first-order valence-corrected chi connectivity index (χ1v) is 13.7. The quantitative estimate of drug-likeness (QED) is 0.145. The van der Waals surface area contributed by atoms with E-state index in [4.69, 9.17) is 10.3 Å². The Kier molecular flexibility index (Phi) is 18.0. The monoisotopic (exact) mass is 464 g/mol. The Morgan fingerprint density at radius 1 is 1.00 bits per heavy atom. The van der Waals surface area contributed by atoms with Crippen LogP contribution in [0.4, 0.5) is 0 Å². The fourth-order valence-corrected chi connectivity index (χ4v) is 4.96. The van der Waals surface area contributed by atoms with Crippen molar-refractivity contribution in [3.05, 3.63) is 0 Å². The van der Waals surface area contributed by atoms with E-state index >= 15 is 0 Å². The summed E-state index contributed by atoms with van der Waals surface area (Å²) in [5.74, 6) is -1.62. The Morgan fingerprint density at radius 3 is 2.13 bits per heavy atom. The zero-order chi connectivity index (χ0) is 23.5. The largest absolute Gasteiger partial charge is 0.479 e. The molecule has 0 aliphatic heterocycles. The van der Waals surface area contributed by atoms with E-state index in [-0.39, 0.29) is 31.0 Å². The molecule has 0 saturated heterocycles. The van der Waals surface area contributed by atoms with Gasteiger partial charge in [0.1, 0.15) is 0 Å². The van der Waals surface area contributed by atoms with Crippen LogP contribution in [0.15, 0.2) is 0 Å². The topological polar surface area (TPSA) is 139 Å². The number of aliphatic carboxylic acids is 1. The summed E-state index contributed by atoms with van der Waals surface area (Å²) in [6, 6.07) is 0. The van der Waals surface area contributed by atoms with Gasteiger partial charge >= 0.3 is 13.6 Å². The van der Waals surface area contributed by atoms with Crippen LogP contribution in [0.2, 0.25) is 0 Å². The first kappa shape index (κ1) is 30.0. The van der Waals surface area contributed by atoms with Gasteiger partial charge in [0, 0.05) is 13.0 Å². The van der Waals surface area contributed by atoms with Crippen molar-refractivity contribution in [3.63, 3.8) is 0 Å². The highest BCUT2D eigenvalue weighted by atomic mass is 31.2. The van der Waals surface area contributed by atoms with Gasteiger partial charge in [-0.15, -0.1) is 0 Å². The summed E-state index contributed by atoms with van der Waals surface area (Å²) in [5.41, 5.74) is 5.39. The van der Waals surface area contributed by atoms with Crippen LogP contribution >= 0.6 is 7.60 Å². The number of nitrogens with one attached hydrogen (secondary N) is 1.